The molecule has 0 aromatic rings. The molecule has 0 bridgehead atoms. The van der Waals surface area contributed by atoms with Crippen LogP contribution in [0.25, 0.3) is 0 Å². The molecule has 0 aliphatic rings. The lowest BCUT2D eigenvalue weighted by Gasteiger charge is -2.28. The molecule has 2 atom stereocenters. The number of alkyl halides is 1. The number of rotatable bonds is 10. The summed E-state index contributed by atoms with van der Waals surface area (Å²) in [6, 6.07) is -1.28. The molecule has 1 unspecified atom stereocenters. The van der Waals surface area contributed by atoms with Crippen LogP contribution in [0.5, 0.6) is 0 Å². The van der Waals surface area contributed by atoms with E-state index in [-0.39, 0.29) is 18.3 Å². The molecule has 0 aromatic carbocycles. The van der Waals surface area contributed by atoms with Gasteiger partial charge in [-0.05, 0) is 53.4 Å². The van der Waals surface area contributed by atoms with E-state index in [0.717, 1.165) is 0 Å². The summed E-state index contributed by atoms with van der Waals surface area (Å²) < 4.78 is 19.6. The molecule has 6 nitrogen and oxygen atoms in total. The van der Waals surface area contributed by atoms with Gasteiger partial charge in [-0.2, -0.15) is 0 Å². The van der Waals surface area contributed by atoms with Crippen molar-refractivity contribution in [2.45, 2.75) is 85.0 Å². The van der Waals surface area contributed by atoms with Crippen molar-refractivity contribution >= 4 is 17.8 Å². The summed E-state index contributed by atoms with van der Waals surface area (Å²) in [6.45, 7) is 11.9. The zero-order valence-corrected chi connectivity index (χ0v) is 18.5. The van der Waals surface area contributed by atoms with Crippen LogP contribution in [-0.2, 0) is 19.1 Å². The average Bonchev–Trinajstić information content (AvgIpc) is 2.51. The number of esters is 1. The van der Waals surface area contributed by atoms with Crippen molar-refractivity contribution < 1.29 is 23.5 Å². The Morgan fingerprint density at radius 2 is 1.64 bits per heavy atom. The van der Waals surface area contributed by atoms with Crippen molar-refractivity contribution in [2.75, 3.05) is 7.05 Å². The number of ether oxygens (including phenoxy) is 1. The summed E-state index contributed by atoms with van der Waals surface area (Å²) in [6.07, 6.45) is 4.66. The van der Waals surface area contributed by atoms with Gasteiger partial charge < -0.3 is 15.4 Å². The van der Waals surface area contributed by atoms with E-state index < -0.39 is 35.0 Å². The predicted molar refractivity (Wildman–Crippen MR) is 108 cm³/mol. The molecule has 162 valence electrons. The zero-order chi connectivity index (χ0) is 22.1. The van der Waals surface area contributed by atoms with Crippen molar-refractivity contribution in [2.24, 2.45) is 11.8 Å². The Morgan fingerprint density at radius 1 is 1.07 bits per heavy atom. The Labute approximate surface area is 168 Å². The topological polar surface area (TPSA) is 84.5 Å². The third-order valence-corrected chi connectivity index (χ3v) is 3.85. The number of hydrogen-bond acceptors (Lipinski definition) is 4. The van der Waals surface area contributed by atoms with Gasteiger partial charge in [-0.3, -0.25) is 14.4 Å². The minimum atomic E-state index is -1.90. The molecule has 0 aromatic heterocycles. The van der Waals surface area contributed by atoms with E-state index in [9.17, 15) is 18.8 Å². The molecule has 0 spiro atoms. The van der Waals surface area contributed by atoms with E-state index >= 15 is 0 Å². The van der Waals surface area contributed by atoms with Gasteiger partial charge in [-0.25, -0.2) is 4.39 Å². The lowest BCUT2D eigenvalue weighted by molar-refractivity contribution is -0.154. The Hall–Kier alpha value is -1.92. The lowest BCUT2D eigenvalue weighted by atomic mass is 9.93. The van der Waals surface area contributed by atoms with Crippen molar-refractivity contribution in [3.05, 3.63) is 12.2 Å². The third-order valence-electron chi connectivity index (χ3n) is 3.85. The van der Waals surface area contributed by atoms with Crippen LogP contribution in [0, 0.1) is 11.8 Å². The Kier molecular flexibility index (Phi) is 10.4. The number of amides is 2. The maximum Gasteiger partial charge on any atom is 0.306 e. The molecule has 0 heterocycles. The first kappa shape index (κ1) is 26.1. The van der Waals surface area contributed by atoms with E-state index in [1.54, 1.807) is 32.9 Å². The van der Waals surface area contributed by atoms with Crippen LogP contribution in [-0.4, -0.2) is 42.1 Å². The largest absolute Gasteiger partial charge is 0.460 e. The van der Waals surface area contributed by atoms with Gasteiger partial charge in [0.15, 0.2) is 0 Å². The molecule has 0 fully saturated rings. The molecule has 0 aliphatic carbocycles. The first-order valence-electron chi connectivity index (χ1n) is 9.76. The van der Waals surface area contributed by atoms with E-state index in [0.29, 0.717) is 12.8 Å². The fourth-order valence-electron chi connectivity index (χ4n) is 2.58. The number of halogens is 1. The fourth-order valence-corrected chi connectivity index (χ4v) is 2.58. The number of likely N-dealkylation sites (N-methyl/N-ethyl adjacent to an activating group) is 1. The standard InChI is InChI=1S/C21H37FN2O4/c1-14(2)13-15(11-9-10-12-16(25)28-20(3,4)5)18(26)24-17(19(27)23-8)21(6,7)22/h9,11,14-15,17H,10,12-13H2,1-8H3,(H,23,27)(H,24,26)/t15-,17?/m0/s1. The van der Waals surface area contributed by atoms with Crippen LogP contribution in [0.2, 0.25) is 0 Å². The summed E-state index contributed by atoms with van der Waals surface area (Å²) in [7, 11) is 1.40. The maximum atomic E-state index is 14.4. The number of carbonyl (C=O) groups excluding carboxylic acids is 3. The Balaban J connectivity index is 5.03. The van der Waals surface area contributed by atoms with Gasteiger partial charge in [-0.15, -0.1) is 0 Å². The first-order chi connectivity index (χ1) is 12.7. The number of nitrogens with one attached hydrogen (secondary N) is 2. The Morgan fingerprint density at radius 3 is 2.07 bits per heavy atom. The highest BCUT2D eigenvalue weighted by atomic mass is 19.1. The molecule has 2 N–H and O–H groups in total. The van der Waals surface area contributed by atoms with E-state index in [1.165, 1.54) is 20.9 Å². The molecule has 28 heavy (non-hydrogen) atoms. The van der Waals surface area contributed by atoms with Gasteiger partial charge in [0.05, 0.1) is 5.92 Å². The monoisotopic (exact) mass is 400 g/mol. The van der Waals surface area contributed by atoms with E-state index in [4.69, 9.17) is 4.74 Å². The molecule has 0 saturated heterocycles. The smallest absolute Gasteiger partial charge is 0.306 e. The van der Waals surface area contributed by atoms with E-state index in [1.807, 2.05) is 13.8 Å². The van der Waals surface area contributed by atoms with Gasteiger partial charge in [0.1, 0.15) is 17.3 Å². The van der Waals surface area contributed by atoms with Gasteiger partial charge in [0.25, 0.3) is 0 Å². The highest BCUT2D eigenvalue weighted by Crippen LogP contribution is 2.19. The molecule has 0 aliphatic heterocycles. The van der Waals surface area contributed by atoms with Gasteiger partial charge >= 0.3 is 5.97 Å². The maximum absolute atomic E-state index is 14.4. The first-order valence-corrected chi connectivity index (χ1v) is 9.76. The fraction of sp³-hybridized carbons (Fsp3) is 0.762. The molecule has 0 saturated carbocycles. The van der Waals surface area contributed by atoms with Gasteiger partial charge in [0.2, 0.25) is 11.8 Å². The van der Waals surface area contributed by atoms with Crippen LogP contribution < -0.4 is 10.6 Å². The summed E-state index contributed by atoms with van der Waals surface area (Å²) in [5.74, 6) is -1.60. The van der Waals surface area contributed by atoms with Crippen molar-refractivity contribution in [1.29, 1.82) is 0 Å². The second-order valence-electron chi connectivity index (χ2n) is 8.91. The second kappa shape index (κ2) is 11.2. The van der Waals surface area contributed by atoms with Crippen LogP contribution in [0.1, 0.15) is 67.7 Å². The van der Waals surface area contributed by atoms with E-state index in [2.05, 4.69) is 10.6 Å². The minimum Gasteiger partial charge on any atom is -0.460 e. The van der Waals surface area contributed by atoms with Crippen molar-refractivity contribution in [3.63, 3.8) is 0 Å². The van der Waals surface area contributed by atoms with Crippen molar-refractivity contribution in [1.82, 2.24) is 10.6 Å². The Bertz CT molecular complexity index is 560. The average molecular weight is 401 g/mol. The zero-order valence-electron chi connectivity index (χ0n) is 18.5. The van der Waals surface area contributed by atoms with Crippen LogP contribution >= 0.6 is 0 Å². The van der Waals surface area contributed by atoms with Crippen molar-refractivity contribution in [3.8, 4) is 0 Å². The van der Waals surface area contributed by atoms with Crippen LogP contribution in [0.3, 0.4) is 0 Å². The van der Waals surface area contributed by atoms with Gasteiger partial charge in [-0.1, -0.05) is 26.0 Å². The third kappa shape index (κ3) is 11.0. The summed E-state index contributed by atoms with van der Waals surface area (Å²) in [4.78, 5) is 36.4. The molecule has 7 heteroatoms. The summed E-state index contributed by atoms with van der Waals surface area (Å²) in [5, 5.41) is 4.90. The summed E-state index contributed by atoms with van der Waals surface area (Å²) in [5.41, 5.74) is -2.44. The van der Waals surface area contributed by atoms with Crippen LogP contribution in [0.4, 0.5) is 4.39 Å². The molecule has 2 amide bonds. The normalized spacial score (nSPS) is 14.6. The highest BCUT2D eigenvalue weighted by molar-refractivity contribution is 5.89. The van der Waals surface area contributed by atoms with Crippen LogP contribution in [0.15, 0.2) is 12.2 Å². The number of hydrogen-bond donors (Lipinski definition) is 2. The molecular weight excluding hydrogens is 363 g/mol. The molecular formula is C21H37FN2O4. The SMILES string of the molecule is CNC(=O)C(NC(=O)[C@@H](C=CCCC(=O)OC(C)(C)C)CC(C)C)C(C)(C)F. The van der Waals surface area contributed by atoms with Gasteiger partial charge in [0, 0.05) is 13.5 Å². The lowest BCUT2D eigenvalue weighted by Crippen LogP contribution is -2.56. The quantitative estimate of drug-likeness (QED) is 0.435. The molecule has 0 rings (SSSR count). The second-order valence-corrected chi connectivity index (χ2v) is 8.91. The minimum absolute atomic E-state index is 0.210. The number of carbonyl (C=O) groups is 3. The number of allylic oxidation sites excluding steroid dienone is 1. The molecule has 0 radical (unpaired) electrons. The highest BCUT2D eigenvalue weighted by Gasteiger charge is 2.37. The summed E-state index contributed by atoms with van der Waals surface area (Å²) >= 11 is 0. The predicted octanol–water partition coefficient (Wildman–Crippen LogP) is 3.31.